The zero-order chi connectivity index (χ0) is 18.4. The molecule has 0 radical (unpaired) electrons. The van der Waals surface area contributed by atoms with Crippen LogP contribution in [-0.4, -0.2) is 18.5 Å². The van der Waals surface area contributed by atoms with E-state index in [2.05, 4.69) is 5.32 Å². The second-order valence-electron chi connectivity index (χ2n) is 4.56. The highest BCUT2D eigenvalue weighted by atomic mass is 35.5. The van der Waals surface area contributed by atoms with E-state index in [-0.39, 0.29) is 26.3 Å². The van der Waals surface area contributed by atoms with Crippen molar-refractivity contribution in [1.29, 1.82) is 5.26 Å². The molecule has 0 unspecified atom stereocenters. The fourth-order valence-corrected chi connectivity index (χ4v) is 2.26. The molecule has 0 aliphatic carbocycles. The van der Waals surface area contributed by atoms with Crippen molar-refractivity contribution in [3.8, 4) is 6.07 Å². The van der Waals surface area contributed by atoms with Crippen molar-refractivity contribution in [1.82, 2.24) is 0 Å². The third-order valence-corrected chi connectivity index (χ3v) is 3.82. The summed E-state index contributed by atoms with van der Waals surface area (Å²) in [4.78, 5) is 23.7. The number of ether oxygens (including phenoxy) is 1. The van der Waals surface area contributed by atoms with Gasteiger partial charge in [-0.2, -0.15) is 5.26 Å². The molecule has 6 nitrogen and oxygen atoms in total. The lowest BCUT2D eigenvalue weighted by atomic mass is 10.2. The summed E-state index contributed by atoms with van der Waals surface area (Å²) in [7, 11) is 0. The lowest BCUT2D eigenvalue weighted by molar-refractivity contribution is -0.142. The van der Waals surface area contributed by atoms with Gasteiger partial charge in [-0.25, -0.2) is 4.79 Å². The quantitative estimate of drug-likeness (QED) is 0.350. The van der Waals surface area contributed by atoms with E-state index in [0.717, 1.165) is 0 Å². The first-order valence-corrected chi connectivity index (χ1v) is 7.81. The largest absolute Gasteiger partial charge is 0.465 e. The lowest BCUT2D eigenvalue weighted by Crippen LogP contribution is -2.21. The Morgan fingerprint density at radius 1 is 1.24 bits per heavy atom. The van der Waals surface area contributed by atoms with Crippen molar-refractivity contribution in [2.75, 3.05) is 11.9 Å². The molecule has 0 fully saturated rings. The van der Waals surface area contributed by atoms with Crippen LogP contribution in [0.2, 0.25) is 15.1 Å². The highest BCUT2D eigenvalue weighted by molar-refractivity contribution is 6.44. The molecule has 0 bridgehead atoms. The van der Waals surface area contributed by atoms with E-state index in [9.17, 15) is 9.59 Å². The van der Waals surface area contributed by atoms with Gasteiger partial charge >= 0.3 is 5.97 Å². The molecule has 25 heavy (non-hydrogen) atoms. The van der Waals surface area contributed by atoms with Gasteiger partial charge in [0.15, 0.2) is 6.61 Å². The summed E-state index contributed by atoms with van der Waals surface area (Å²) in [6, 6.07) is 7.57. The predicted molar refractivity (Wildman–Crippen MR) is 93.4 cm³/mol. The molecule has 2 aromatic rings. The maximum absolute atomic E-state index is 11.8. The Hall–Kier alpha value is -2.46. The van der Waals surface area contributed by atoms with Crippen molar-refractivity contribution in [3.05, 3.63) is 56.9 Å². The van der Waals surface area contributed by atoms with Crippen LogP contribution in [0.25, 0.3) is 6.08 Å². The van der Waals surface area contributed by atoms with Gasteiger partial charge in [0.2, 0.25) is 0 Å². The predicted octanol–water partition coefficient (Wildman–Crippen LogP) is 4.33. The fourth-order valence-electron chi connectivity index (χ4n) is 1.67. The van der Waals surface area contributed by atoms with E-state index in [4.69, 9.17) is 49.2 Å². The number of benzene rings is 1. The molecule has 0 aliphatic heterocycles. The Kier molecular flexibility index (Phi) is 6.48. The van der Waals surface area contributed by atoms with E-state index in [1.54, 1.807) is 18.2 Å². The number of hydrogen-bond acceptors (Lipinski definition) is 5. The van der Waals surface area contributed by atoms with Crippen LogP contribution >= 0.6 is 34.8 Å². The number of hydrogen-bond donors (Lipinski definition) is 1. The number of nitriles is 1. The molecular formula is C16H9Cl3N2O4. The van der Waals surface area contributed by atoms with Crippen LogP contribution in [0.5, 0.6) is 0 Å². The minimum atomic E-state index is -0.964. The number of nitrogens with zero attached hydrogens (tertiary/aromatic N) is 1. The average Bonchev–Trinajstić information content (AvgIpc) is 3.08. The van der Waals surface area contributed by atoms with E-state index >= 15 is 0 Å². The van der Waals surface area contributed by atoms with Crippen LogP contribution < -0.4 is 5.32 Å². The number of anilines is 1. The number of carbonyl (C=O) groups excluding carboxylic acids is 2. The Bertz CT molecular complexity index is 870. The van der Waals surface area contributed by atoms with Gasteiger partial charge < -0.3 is 14.5 Å². The minimum absolute atomic E-state index is 0.171. The van der Waals surface area contributed by atoms with Gasteiger partial charge in [-0.05, 0) is 24.3 Å². The third-order valence-electron chi connectivity index (χ3n) is 2.79. The zero-order valence-electron chi connectivity index (χ0n) is 12.4. The van der Waals surface area contributed by atoms with Crippen LogP contribution in [-0.2, 0) is 14.3 Å². The number of halogens is 3. The lowest BCUT2D eigenvalue weighted by Gasteiger charge is -2.09. The van der Waals surface area contributed by atoms with Crippen LogP contribution in [0.1, 0.15) is 5.76 Å². The monoisotopic (exact) mass is 398 g/mol. The zero-order valence-corrected chi connectivity index (χ0v) is 14.7. The number of esters is 1. The standard InChI is InChI=1S/C16H9Cl3N2O4/c17-11-5-13(19)14(6-12(11)18)21-15(22)8-25-16(23)9(7-20)4-10-2-1-3-24-10/h1-6H,8H2,(H,21,22)/b9-4+. The molecule has 2 rings (SSSR count). The topological polar surface area (TPSA) is 92.3 Å². The molecule has 1 N–H and O–H groups in total. The normalized spacial score (nSPS) is 10.9. The second-order valence-corrected chi connectivity index (χ2v) is 5.78. The van der Waals surface area contributed by atoms with Gasteiger partial charge in [-0.15, -0.1) is 0 Å². The first-order chi connectivity index (χ1) is 11.9. The van der Waals surface area contributed by atoms with E-state index in [0.29, 0.717) is 5.76 Å². The number of amides is 1. The summed E-state index contributed by atoms with van der Waals surface area (Å²) in [5, 5.41) is 12.0. The molecular weight excluding hydrogens is 391 g/mol. The number of rotatable bonds is 5. The maximum atomic E-state index is 11.8. The summed E-state index contributed by atoms with van der Waals surface area (Å²) < 4.78 is 9.79. The molecule has 1 heterocycles. The summed E-state index contributed by atoms with van der Waals surface area (Å²) in [5.74, 6) is -1.32. The van der Waals surface area contributed by atoms with Crippen LogP contribution in [0, 0.1) is 11.3 Å². The second kappa shape index (κ2) is 8.58. The van der Waals surface area contributed by atoms with Crippen molar-refractivity contribution in [3.63, 3.8) is 0 Å². The number of nitrogens with one attached hydrogen (secondary N) is 1. The van der Waals surface area contributed by atoms with Gasteiger partial charge in [-0.1, -0.05) is 34.8 Å². The van der Waals surface area contributed by atoms with Gasteiger partial charge in [0, 0.05) is 6.08 Å². The average molecular weight is 400 g/mol. The molecule has 128 valence electrons. The number of carbonyl (C=O) groups is 2. The van der Waals surface area contributed by atoms with Gasteiger partial charge in [-0.3, -0.25) is 4.79 Å². The van der Waals surface area contributed by atoms with Crippen LogP contribution in [0.4, 0.5) is 5.69 Å². The molecule has 1 aromatic carbocycles. The molecule has 0 saturated heterocycles. The molecule has 0 spiro atoms. The van der Waals surface area contributed by atoms with Gasteiger partial charge in [0.05, 0.1) is 27.0 Å². The fraction of sp³-hybridized carbons (Fsp3) is 0.0625. The summed E-state index contributed by atoms with van der Waals surface area (Å²) in [5.41, 5.74) is -0.0981. The molecule has 0 saturated carbocycles. The molecule has 9 heteroatoms. The Labute approximate surface area is 157 Å². The van der Waals surface area contributed by atoms with Crippen LogP contribution in [0.15, 0.2) is 40.5 Å². The molecule has 1 amide bonds. The summed E-state index contributed by atoms with van der Waals surface area (Å²) in [6.45, 7) is -0.618. The van der Waals surface area contributed by atoms with E-state index in [1.165, 1.54) is 24.5 Å². The highest BCUT2D eigenvalue weighted by Gasteiger charge is 2.15. The van der Waals surface area contributed by atoms with Crippen molar-refractivity contribution in [2.24, 2.45) is 0 Å². The van der Waals surface area contributed by atoms with Crippen molar-refractivity contribution < 1.29 is 18.7 Å². The van der Waals surface area contributed by atoms with Crippen LogP contribution in [0.3, 0.4) is 0 Å². The summed E-state index contributed by atoms with van der Waals surface area (Å²) >= 11 is 17.6. The molecule has 0 aliphatic rings. The molecule has 0 atom stereocenters. The Morgan fingerprint density at radius 3 is 2.60 bits per heavy atom. The maximum Gasteiger partial charge on any atom is 0.349 e. The van der Waals surface area contributed by atoms with Crippen molar-refractivity contribution in [2.45, 2.75) is 0 Å². The Balaban J connectivity index is 1.97. The number of furan rings is 1. The van der Waals surface area contributed by atoms with E-state index < -0.39 is 18.5 Å². The molecule has 1 aromatic heterocycles. The first-order valence-electron chi connectivity index (χ1n) is 6.67. The SMILES string of the molecule is N#C/C(=C\c1ccco1)C(=O)OCC(=O)Nc1cc(Cl)c(Cl)cc1Cl. The van der Waals surface area contributed by atoms with E-state index in [1.807, 2.05) is 0 Å². The minimum Gasteiger partial charge on any atom is -0.465 e. The smallest absolute Gasteiger partial charge is 0.349 e. The third kappa shape index (κ3) is 5.26. The summed E-state index contributed by atoms with van der Waals surface area (Å²) in [6.07, 6.45) is 2.59. The van der Waals surface area contributed by atoms with Crippen molar-refractivity contribution >= 4 is 58.4 Å². The first kappa shape index (κ1) is 18.9. The Morgan fingerprint density at radius 2 is 1.96 bits per heavy atom. The van der Waals surface area contributed by atoms with Gasteiger partial charge in [0.1, 0.15) is 17.4 Å². The van der Waals surface area contributed by atoms with Gasteiger partial charge in [0.25, 0.3) is 5.91 Å². The highest BCUT2D eigenvalue weighted by Crippen LogP contribution is 2.32.